The molecule has 5 heteroatoms. The van der Waals surface area contributed by atoms with Gasteiger partial charge in [-0.3, -0.25) is 0 Å². The van der Waals surface area contributed by atoms with Crippen LogP contribution in [0, 0.1) is 0 Å². The van der Waals surface area contributed by atoms with Gasteiger partial charge in [-0.2, -0.15) is 4.51 Å². The minimum atomic E-state index is -2.74. The molecule has 42 valence electrons. The summed E-state index contributed by atoms with van der Waals surface area (Å²) in [5.74, 6) is -0.846. The van der Waals surface area contributed by atoms with Crippen LogP contribution >= 0.6 is 11.8 Å². The number of hydrogen-bond donors (Lipinski definition) is 1. The van der Waals surface area contributed by atoms with Gasteiger partial charge in [0.25, 0.3) is 6.43 Å². The van der Waals surface area contributed by atoms with Crippen molar-refractivity contribution in [2.75, 3.05) is 0 Å². The number of nitrogens with zero attached hydrogens (tertiary/aromatic N) is 1. The summed E-state index contributed by atoms with van der Waals surface area (Å²) in [5.41, 5.74) is 4.48. The summed E-state index contributed by atoms with van der Waals surface area (Å²) in [5, 5.41) is 0. The molecule has 0 radical (unpaired) electrons. The molecular weight excluding hydrogens is 125 g/mol. The summed E-state index contributed by atoms with van der Waals surface area (Å²) in [7, 11) is 0. The monoisotopic (exact) mass is 128 g/mol. The summed E-state index contributed by atoms with van der Waals surface area (Å²) in [4.78, 5) is 0. The van der Waals surface area contributed by atoms with E-state index in [4.69, 9.17) is 0 Å². The van der Waals surface area contributed by atoms with Gasteiger partial charge in [0, 0.05) is 11.8 Å². The van der Waals surface area contributed by atoms with Gasteiger partial charge in [0.1, 0.15) is 0 Å². The topological polar surface area (TPSA) is 38.4 Å². The van der Waals surface area contributed by atoms with E-state index in [1.807, 2.05) is 0 Å². The van der Waals surface area contributed by atoms with Gasteiger partial charge in [-0.1, -0.05) is 0 Å². The van der Waals surface area contributed by atoms with Crippen molar-refractivity contribution in [2.24, 2.45) is 10.2 Å². The second-order valence-electron chi connectivity index (χ2n) is 0.810. The molecule has 0 aliphatic rings. The minimum absolute atomic E-state index is 0.846. The van der Waals surface area contributed by atoms with Crippen LogP contribution in [0.1, 0.15) is 0 Å². The summed E-state index contributed by atoms with van der Waals surface area (Å²) >= 11 is 4.53. The largest absolute Gasteiger partial charge is 0.381 e. The molecule has 0 unspecified atom stereocenters. The molecule has 0 amide bonds. The molecule has 0 rings (SSSR count). The number of nitrogens with two attached hydrogens (primary N) is 1. The zero-order valence-electron chi connectivity index (χ0n) is 3.24. The highest BCUT2D eigenvalue weighted by Gasteiger charge is 2.05. The lowest BCUT2D eigenvalue weighted by Gasteiger charge is -1.89. The Morgan fingerprint density at radius 3 is 2.14 bits per heavy atom. The first-order valence-corrected chi connectivity index (χ1v) is 1.74. The quantitative estimate of drug-likeness (QED) is 0.411. The van der Waals surface area contributed by atoms with Crippen molar-refractivity contribution in [3.63, 3.8) is 0 Å². The van der Waals surface area contributed by atoms with E-state index in [-0.39, 0.29) is 0 Å². The number of hydrogen-bond acceptors (Lipinski definition) is 1. The van der Waals surface area contributed by atoms with Gasteiger partial charge in [0.2, 0.25) is 0 Å². The zero-order valence-corrected chi connectivity index (χ0v) is 3.99. The van der Waals surface area contributed by atoms with E-state index in [2.05, 4.69) is 22.0 Å². The zero-order chi connectivity index (χ0) is 5.86. The molecule has 0 saturated carbocycles. The minimum Gasteiger partial charge on any atom is -0.381 e. The second kappa shape index (κ2) is 2.74. The number of amidine groups is 1. The predicted octanol–water partition coefficient (Wildman–Crippen LogP) is 0.763. The molecule has 0 saturated heterocycles. The van der Waals surface area contributed by atoms with Crippen molar-refractivity contribution in [2.45, 2.75) is 6.43 Å². The fourth-order valence-electron chi connectivity index (χ4n) is 0.0369. The van der Waals surface area contributed by atoms with Gasteiger partial charge in [-0.05, 0) is 0 Å². The van der Waals surface area contributed by atoms with Crippen LogP contribution in [-0.2, 0) is 0 Å². The number of halogens is 3. The Morgan fingerprint density at radius 1 is 1.71 bits per heavy atom. The van der Waals surface area contributed by atoms with Crippen molar-refractivity contribution < 1.29 is 8.78 Å². The Bertz CT molecular complexity index is 81.8. The highest BCUT2D eigenvalue weighted by Crippen LogP contribution is 1.91. The van der Waals surface area contributed by atoms with Gasteiger partial charge in [0.05, 0.1) is 0 Å². The molecule has 0 aromatic heterocycles. The molecule has 0 aromatic carbocycles. The average molecular weight is 129 g/mol. The standard InChI is InChI=1S/C2H3ClF2N2/c3-7-2(6)1(4)5/h1H,(H2,6,7). The summed E-state index contributed by atoms with van der Waals surface area (Å²) in [6.07, 6.45) is -2.74. The van der Waals surface area contributed by atoms with Crippen LogP contribution in [0.25, 0.3) is 0 Å². The lowest BCUT2D eigenvalue weighted by molar-refractivity contribution is 0.224. The molecular formula is C2H3ClF2N2. The fourth-order valence-corrected chi connectivity index (χ4v) is 0.111. The third kappa shape index (κ3) is 2.33. The predicted molar refractivity (Wildman–Crippen MR) is 23.5 cm³/mol. The van der Waals surface area contributed by atoms with E-state index in [0.717, 1.165) is 0 Å². The van der Waals surface area contributed by atoms with Crippen LogP contribution in [0.4, 0.5) is 8.78 Å². The van der Waals surface area contributed by atoms with Crippen LogP contribution in [0.5, 0.6) is 0 Å². The summed E-state index contributed by atoms with van der Waals surface area (Å²) < 4.78 is 24.7. The highest BCUT2D eigenvalue weighted by atomic mass is 35.5. The van der Waals surface area contributed by atoms with Crippen molar-refractivity contribution in [3.8, 4) is 0 Å². The van der Waals surface area contributed by atoms with Crippen molar-refractivity contribution in [1.29, 1.82) is 0 Å². The molecule has 2 nitrogen and oxygen atoms in total. The van der Waals surface area contributed by atoms with Crippen molar-refractivity contribution >= 4 is 17.6 Å². The molecule has 0 bridgehead atoms. The third-order valence-corrected chi connectivity index (χ3v) is 0.516. The van der Waals surface area contributed by atoms with E-state index in [1.54, 1.807) is 0 Å². The average Bonchev–Trinajstić information content (AvgIpc) is 1.65. The molecule has 0 aliphatic heterocycles. The summed E-state index contributed by atoms with van der Waals surface area (Å²) in [6.45, 7) is 0. The Morgan fingerprint density at radius 2 is 2.14 bits per heavy atom. The SMILES string of the molecule is N/C(=N/Cl)C(F)F. The Labute approximate surface area is 44.1 Å². The molecule has 0 atom stereocenters. The fraction of sp³-hybridized carbons (Fsp3) is 0.500. The molecule has 2 N–H and O–H groups in total. The summed E-state index contributed by atoms with van der Waals surface area (Å²) in [6, 6.07) is 0. The number of alkyl halides is 2. The lowest BCUT2D eigenvalue weighted by Crippen LogP contribution is -2.19. The Hall–Kier alpha value is -0.380. The maximum atomic E-state index is 11.1. The first-order chi connectivity index (χ1) is 3.18. The smallest absolute Gasteiger partial charge is 0.295 e. The van der Waals surface area contributed by atoms with Crippen molar-refractivity contribution in [3.05, 3.63) is 0 Å². The number of rotatable bonds is 1. The van der Waals surface area contributed by atoms with Crippen LogP contribution < -0.4 is 5.73 Å². The van der Waals surface area contributed by atoms with Crippen LogP contribution in [0.15, 0.2) is 4.51 Å². The molecule has 7 heavy (non-hydrogen) atoms. The van der Waals surface area contributed by atoms with Gasteiger partial charge >= 0.3 is 0 Å². The Balaban J connectivity index is 3.56. The molecule has 0 spiro atoms. The van der Waals surface area contributed by atoms with Gasteiger partial charge in [0.15, 0.2) is 5.84 Å². The van der Waals surface area contributed by atoms with Crippen molar-refractivity contribution in [1.82, 2.24) is 0 Å². The second-order valence-corrected chi connectivity index (χ2v) is 0.979. The Kier molecular flexibility index (Phi) is 2.59. The van der Waals surface area contributed by atoms with E-state index in [1.165, 1.54) is 0 Å². The van der Waals surface area contributed by atoms with E-state index < -0.39 is 12.3 Å². The molecule has 0 heterocycles. The first-order valence-electron chi connectivity index (χ1n) is 1.41. The van der Waals surface area contributed by atoms with E-state index in [9.17, 15) is 8.78 Å². The van der Waals surface area contributed by atoms with Crippen LogP contribution in [0.3, 0.4) is 0 Å². The third-order valence-electron chi connectivity index (χ3n) is 0.321. The normalized spacial score (nSPS) is 12.9. The highest BCUT2D eigenvalue weighted by molar-refractivity contribution is 6.19. The van der Waals surface area contributed by atoms with Gasteiger partial charge in [-0.15, -0.1) is 0 Å². The van der Waals surface area contributed by atoms with E-state index >= 15 is 0 Å². The maximum absolute atomic E-state index is 11.1. The van der Waals surface area contributed by atoms with Crippen LogP contribution in [-0.4, -0.2) is 12.3 Å². The molecule has 0 fully saturated rings. The molecule has 0 aliphatic carbocycles. The van der Waals surface area contributed by atoms with E-state index in [0.29, 0.717) is 0 Å². The van der Waals surface area contributed by atoms with Crippen LogP contribution in [0.2, 0.25) is 0 Å². The molecule has 0 aromatic rings. The maximum Gasteiger partial charge on any atom is 0.295 e. The van der Waals surface area contributed by atoms with Gasteiger partial charge < -0.3 is 5.73 Å². The van der Waals surface area contributed by atoms with Gasteiger partial charge in [-0.25, -0.2) is 8.78 Å². The lowest BCUT2D eigenvalue weighted by atomic mass is 10.7. The first kappa shape index (κ1) is 6.62.